The third-order valence-corrected chi connectivity index (χ3v) is 4.14. The molecule has 5 nitrogen and oxygen atoms in total. The number of para-hydroxylation sites is 2. The highest BCUT2D eigenvalue weighted by molar-refractivity contribution is 7.98. The van der Waals surface area contributed by atoms with Gasteiger partial charge >= 0.3 is 0 Å². The fourth-order valence-corrected chi connectivity index (χ4v) is 2.83. The van der Waals surface area contributed by atoms with Crippen LogP contribution in [0.5, 0.6) is 0 Å². The van der Waals surface area contributed by atoms with Crippen LogP contribution in [0.4, 0.5) is 0 Å². The quantitative estimate of drug-likeness (QED) is 0.530. The molecule has 0 fully saturated rings. The highest BCUT2D eigenvalue weighted by Gasteiger charge is 2.09. The van der Waals surface area contributed by atoms with Crippen molar-refractivity contribution in [3.63, 3.8) is 0 Å². The van der Waals surface area contributed by atoms with Gasteiger partial charge in [0.2, 0.25) is 11.8 Å². The van der Waals surface area contributed by atoms with Gasteiger partial charge in [-0.15, -0.1) is 10.2 Å². The Bertz CT molecular complexity index is 939. The Hall–Kier alpha value is -2.73. The zero-order chi connectivity index (χ0) is 15.5. The fraction of sp³-hybridized carbons (Fsp3) is 0.0588. The smallest absolute Gasteiger partial charge is 0.247 e. The monoisotopic (exact) mass is 320 g/mol. The van der Waals surface area contributed by atoms with Crippen LogP contribution in [0.1, 0.15) is 5.89 Å². The topological polar surface area (TPSA) is 64.7 Å². The number of benzene rings is 2. The van der Waals surface area contributed by atoms with E-state index in [1.807, 2.05) is 54.6 Å². The summed E-state index contributed by atoms with van der Waals surface area (Å²) in [7, 11) is 0. The summed E-state index contributed by atoms with van der Waals surface area (Å²) >= 11 is 1.53. The number of aromatic nitrogens is 4. The molecule has 0 aliphatic rings. The predicted octanol–water partition coefficient (Wildman–Crippen LogP) is 3.97. The number of hydrogen-bond acceptors (Lipinski definition) is 6. The van der Waals surface area contributed by atoms with E-state index in [4.69, 9.17) is 4.42 Å². The summed E-state index contributed by atoms with van der Waals surface area (Å²) in [6.07, 6.45) is 1.77. The number of nitrogens with zero attached hydrogens (tertiary/aromatic N) is 4. The van der Waals surface area contributed by atoms with E-state index < -0.39 is 0 Å². The van der Waals surface area contributed by atoms with Crippen molar-refractivity contribution in [3.8, 4) is 11.5 Å². The van der Waals surface area contributed by atoms with Gasteiger partial charge in [-0.1, -0.05) is 42.1 Å². The van der Waals surface area contributed by atoms with E-state index in [-0.39, 0.29) is 0 Å². The predicted molar refractivity (Wildman–Crippen MR) is 88.8 cm³/mol. The first kappa shape index (κ1) is 13.9. The molecule has 0 aliphatic carbocycles. The van der Waals surface area contributed by atoms with Gasteiger partial charge in [0.15, 0.2) is 0 Å². The number of rotatable bonds is 4. The minimum absolute atomic E-state index is 0.533. The molecule has 2 aromatic carbocycles. The molecule has 0 saturated heterocycles. The lowest BCUT2D eigenvalue weighted by Gasteiger charge is -2.00. The van der Waals surface area contributed by atoms with Crippen LogP contribution in [-0.4, -0.2) is 20.2 Å². The SMILES string of the molecule is c1ccc(-c2nnc(CSc3cnc4ccccc4n3)o2)cc1. The average Bonchev–Trinajstić information content (AvgIpc) is 3.10. The largest absolute Gasteiger partial charge is 0.420 e. The van der Waals surface area contributed by atoms with Crippen LogP contribution in [0.15, 0.2) is 70.2 Å². The van der Waals surface area contributed by atoms with Gasteiger partial charge in [-0.2, -0.15) is 0 Å². The Morgan fingerprint density at radius 2 is 1.65 bits per heavy atom. The molecule has 0 saturated carbocycles. The number of hydrogen-bond donors (Lipinski definition) is 0. The lowest BCUT2D eigenvalue weighted by molar-refractivity contribution is 0.528. The molecular formula is C17H12N4OS. The molecule has 0 aliphatic heterocycles. The van der Waals surface area contributed by atoms with E-state index in [1.165, 1.54) is 11.8 Å². The van der Waals surface area contributed by atoms with E-state index >= 15 is 0 Å². The van der Waals surface area contributed by atoms with E-state index in [2.05, 4.69) is 20.2 Å². The fourth-order valence-electron chi connectivity index (χ4n) is 2.15. The minimum Gasteiger partial charge on any atom is -0.420 e. The molecule has 6 heteroatoms. The van der Waals surface area contributed by atoms with Crippen molar-refractivity contribution in [2.45, 2.75) is 10.8 Å². The first-order valence-electron chi connectivity index (χ1n) is 7.11. The van der Waals surface area contributed by atoms with Crippen LogP contribution < -0.4 is 0 Å². The molecule has 0 radical (unpaired) electrons. The molecule has 2 heterocycles. The molecule has 0 unspecified atom stereocenters. The van der Waals surface area contributed by atoms with Crippen LogP contribution >= 0.6 is 11.8 Å². The lowest BCUT2D eigenvalue weighted by Crippen LogP contribution is -1.87. The second-order valence-corrected chi connectivity index (χ2v) is 5.85. The van der Waals surface area contributed by atoms with Crippen molar-refractivity contribution in [1.29, 1.82) is 0 Å². The van der Waals surface area contributed by atoms with Crippen molar-refractivity contribution in [2.24, 2.45) is 0 Å². The Kier molecular flexibility index (Phi) is 3.73. The Balaban J connectivity index is 1.49. The highest BCUT2D eigenvalue weighted by atomic mass is 32.2. The highest BCUT2D eigenvalue weighted by Crippen LogP contribution is 2.24. The van der Waals surface area contributed by atoms with E-state index in [9.17, 15) is 0 Å². The van der Waals surface area contributed by atoms with Crippen molar-refractivity contribution in [3.05, 3.63) is 66.7 Å². The van der Waals surface area contributed by atoms with Crippen molar-refractivity contribution < 1.29 is 4.42 Å². The summed E-state index contributed by atoms with van der Waals surface area (Å²) in [6, 6.07) is 17.5. The van der Waals surface area contributed by atoms with Crippen LogP contribution in [0.25, 0.3) is 22.5 Å². The maximum Gasteiger partial charge on any atom is 0.247 e. The Morgan fingerprint density at radius 3 is 2.52 bits per heavy atom. The maximum absolute atomic E-state index is 5.69. The van der Waals surface area contributed by atoms with E-state index in [0.29, 0.717) is 17.5 Å². The molecule has 112 valence electrons. The van der Waals surface area contributed by atoms with Gasteiger partial charge in [0.1, 0.15) is 5.03 Å². The van der Waals surface area contributed by atoms with Gasteiger partial charge in [-0.3, -0.25) is 4.98 Å². The maximum atomic E-state index is 5.69. The standard InChI is InChI=1S/C17H12N4OS/c1-2-6-12(7-3-1)17-21-20-15(22-17)11-23-16-10-18-13-8-4-5-9-14(13)19-16/h1-10H,11H2. The van der Waals surface area contributed by atoms with Gasteiger partial charge < -0.3 is 4.42 Å². The summed E-state index contributed by atoms with van der Waals surface area (Å²) < 4.78 is 5.69. The molecule has 4 rings (SSSR count). The molecule has 2 aromatic heterocycles. The van der Waals surface area contributed by atoms with Crippen LogP contribution in [-0.2, 0) is 5.75 Å². The van der Waals surface area contributed by atoms with Crippen LogP contribution in [0.2, 0.25) is 0 Å². The number of fused-ring (bicyclic) bond motifs is 1. The van der Waals surface area contributed by atoms with Gasteiger partial charge in [0.25, 0.3) is 0 Å². The summed E-state index contributed by atoms with van der Waals surface area (Å²) in [5.74, 6) is 1.67. The zero-order valence-electron chi connectivity index (χ0n) is 12.1. The van der Waals surface area contributed by atoms with E-state index in [1.54, 1.807) is 6.20 Å². The van der Waals surface area contributed by atoms with Gasteiger partial charge in [-0.05, 0) is 24.3 Å². The second kappa shape index (κ2) is 6.18. The first-order chi connectivity index (χ1) is 11.4. The molecule has 0 bridgehead atoms. The molecule has 0 spiro atoms. The number of thioether (sulfide) groups is 1. The molecule has 4 aromatic rings. The second-order valence-electron chi connectivity index (χ2n) is 4.85. The van der Waals surface area contributed by atoms with E-state index in [0.717, 1.165) is 21.6 Å². The Morgan fingerprint density at radius 1 is 0.870 bits per heavy atom. The van der Waals surface area contributed by atoms with Gasteiger partial charge in [-0.25, -0.2) is 4.98 Å². The summed E-state index contributed by atoms with van der Waals surface area (Å²) in [5.41, 5.74) is 2.69. The molecule has 0 N–H and O–H groups in total. The van der Waals surface area contributed by atoms with Crippen molar-refractivity contribution in [2.75, 3.05) is 0 Å². The van der Waals surface area contributed by atoms with Crippen molar-refractivity contribution >= 4 is 22.8 Å². The summed E-state index contributed by atoms with van der Waals surface area (Å²) in [4.78, 5) is 8.96. The molecular weight excluding hydrogens is 308 g/mol. The molecule has 23 heavy (non-hydrogen) atoms. The van der Waals surface area contributed by atoms with Gasteiger partial charge in [0.05, 0.1) is 23.0 Å². The third kappa shape index (κ3) is 3.07. The van der Waals surface area contributed by atoms with Crippen molar-refractivity contribution in [1.82, 2.24) is 20.2 Å². The summed E-state index contributed by atoms with van der Waals surface area (Å²) in [6.45, 7) is 0. The Labute approximate surface area is 136 Å². The van der Waals surface area contributed by atoms with Crippen LogP contribution in [0.3, 0.4) is 0 Å². The summed E-state index contributed by atoms with van der Waals surface area (Å²) in [5, 5.41) is 9.00. The first-order valence-corrected chi connectivity index (χ1v) is 8.09. The normalized spacial score (nSPS) is 11.0. The third-order valence-electron chi connectivity index (χ3n) is 3.26. The zero-order valence-corrected chi connectivity index (χ0v) is 12.9. The van der Waals surface area contributed by atoms with Gasteiger partial charge in [0, 0.05) is 5.56 Å². The van der Waals surface area contributed by atoms with Crippen LogP contribution in [0, 0.1) is 0 Å². The minimum atomic E-state index is 0.533. The average molecular weight is 320 g/mol. The molecule has 0 amide bonds. The molecule has 0 atom stereocenters. The lowest BCUT2D eigenvalue weighted by atomic mass is 10.2.